The van der Waals surface area contributed by atoms with Gasteiger partial charge >= 0.3 is 0 Å². The lowest BCUT2D eigenvalue weighted by Crippen LogP contribution is -2.45. The summed E-state index contributed by atoms with van der Waals surface area (Å²) in [6.45, 7) is 3.70. The second-order valence-electron chi connectivity index (χ2n) is 7.10. The molecule has 6 heteroatoms. The van der Waals surface area contributed by atoms with Crippen LogP contribution in [0.1, 0.15) is 29.0 Å². The number of rotatable bonds is 4. The zero-order valence-corrected chi connectivity index (χ0v) is 17.1. The molecule has 2 aromatic carbocycles. The number of benzene rings is 2. The molecule has 3 aromatic rings. The van der Waals surface area contributed by atoms with E-state index in [9.17, 15) is 9.59 Å². The highest BCUT2D eigenvalue weighted by molar-refractivity contribution is 7.10. The quantitative estimate of drug-likeness (QED) is 0.699. The van der Waals surface area contributed by atoms with Gasteiger partial charge in [-0.1, -0.05) is 42.0 Å². The number of nitrogens with one attached hydrogen (secondary N) is 1. The Morgan fingerprint density at radius 2 is 1.97 bits per heavy atom. The van der Waals surface area contributed by atoms with E-state index in [2.05, 4.69) is 5.32 Å². The Hall–Kier alpha value is -3.12. The SMILES string of the molecule is Cc1ccc2c(c1)C(c1cccs1)N(C(=O)C(C)Oc1ccccc1)CC(=O)N2. The van der Waals surface area contributed by atoms with Crippen LogP contribution in [0.2, 0.25) is 0 Å². The van der Waals surface area contributed by atoms with Crippen LogP contribution in [-0.2, 0) is 9.59 Å². The molecule has 0 fully saturated rings. The van der Waals surface area contributed by atoms with Gasteiger partial charge in [0.05, 0.1) is 6.04 Å². The zero-order valence-electron chi connectivity index (χ0n) is 16.3. The van der Waals surface area contributed by atoms with Gasteiger partial charge in [0.2, 0.25) is 5.91 Å². The van der Waals surface area contributed by atoms with E-state index in [1.165, 1.54) is 0 Å². The lowest BCUT2D eigenvalue weighted by molar-refractivity contribution is -0.142. The van der Waals surface area contributed by atoms with Crippen molar-refractivity contribution < 1.29 is 14.3 Å². The number of carbonyl (C=O) groups excluding carboxylic acids is 2. The van der Waals surface area contributed by atoms with Gasteiger partial charge in [0, 0.05) is 16.1 Å². The molecule has 2 heterocycles. The van der Waals surface area contributed by atoms with Gasteiger partial charge in [-0.25, -0.2) is 0 Å². The third-order valence-corrected chi connectivity index (χ3v) is 5.83. The number of carbonyl (C=O) groups is 2. The van der Waals surface area contributed by atoms with Gasteiger partial charge in [-0.2, -0.15) is 0 Å². The Kier molecular flexibility index (Phi) is 5.36. The predicted octanol–water partition coefficient (Wildman–Crippen LogP) is 4.39. The smallest absolute Gasteiger partial charge is 0.264 e. The normalized spacial score (nSPS) is 17.1. The number of amides is 2. The summed E-state index contributed by atoms with van der Waals surface area (Å²) in [6.07, 6.45) is -0.723. The van der Waals surface area contributed by atoms with E-state index < -0.39 is 6.10 Å². The van der Waals surface area contributed by atoms with E-state index >= 15 is 0 Å². The van der Waals surface area contributed by atoms with Gasteiger partial charge in [0.15, 0.2) is 6.10 Å². The monoisotopic (exact) mass is 406 g/mol. The van der Waals surface area contributed by atoms with Gasteiger partial charge in [-0.05, 0) is 43.5 Å². The molecule has 0 bridgehead atoms. The summed E-state index contributed by atoms with van der Waals surface area (Å²) in [6, 6.07) is 18.8. The molecular formula is C23H22N2O3S. The average molecular weight is 407 g/mol. The standard InChI is InChI=1S/C23H22N2O3S/c1-15-10-11-19-18(13-15)22(20-9-6-12-29-20)25(14-21(26)24-19)23(27)16(2)28-17-7-4-3-5-8-17/h3-13,16,22H,14H2,1-2H3,(H,24,26). The van der Waals surface area contributed by atoms with Crippen molar-refractivity contribution in [2.24, 2.45) is 0 Å². The molecule has 29 heavy (non-hydrogen) atoms. The molecule has 0 radical (unpaired) electrons. The average Bonchev–Trinajstić information content (AvgIpc) is 3.19. The second-order valence-corrected chi connectivity index (χ2v) is 8.08. The van der Waals surface area contributed by atoms with E-state index in [-0.39, 0.29) is 24.4 Å². The minimum absolute atomic E-state index is 0.0301. The van der Waals surface area contributed by atoms with Crippen LogP contribution in [0, 0.1) is 6.92 Å². The van der Waals surface area contributed by atoms with Crippen LogP contribution in [0.25, 0.3) is 0 Å². The van der Waals surface area contributed by atoms with Crippen LogP contribution in [0.5, 0.6) is 5.75 Å². The topological polar surface area (TPSA) is 58.6 Å². The summed E-state index contributed by atoms with van der Waals surface area (Å²) < 4.78 is 5.86. The van der Waals surface area contributed by atoms with Crippen molar-refractivity contribution in [3.8, 4) is 5.75 Å². The fraction of sp³-hybridized carbons (Fsp3) is 0.217. The highest BCUT2D eigenvalue weighted by Gasteiger charge is 2.36. The number of anilines is 1. The molecule has 1 aromatic heterocycles. The highest BCUT2D eigenvalue weighted by atomic mass is 32.1. The minimum Gasteiger partial charge on any atom is -0.481 e. The third kappa shape index (κ3) is 4.03. The zero-order chi connectivity index (χ0) is 20.4. The van der Waals surface area contributed by atoms with E-state index in [0.717, 1.165) is 21.7 Å². The van der Waals surface area contributed by atoms with E-state index in [0.29, 0.717) is 5.75 Å². The largest absolute Gasteiger partial charge is 0.481 e. The molecule has 0 spiro atoms. The molecule has 1 N–H and O–H groups in total. The molecule has 1 aliphatic heterocycles. The van der Waals surface area contributed by atoms with Gasteiger partial charge in [-0.15, -0.1) is 11.3 Å². The Morgan fingerprint density at radius 3 is 2.69 bits per heavy atom. The number of para-hydroxylation sites is 1. The lowest BCUT2D eigenvalue weighted by Gasteiger charge is -2.31. The molecule has 0 saturated carbocycles. The number of fused-ring (bicyclic) bond motifs is 1. The van der Waals surface area contributed by atoms with E-state index in [1.807, 2.05) is 73.0 Å². The first-order chi connectivity index (χ1) is 14.0. The summed E-state index contributed by atoms with van der Waals surface area (Å²) in [7, 11) is 0. The maximum atomic E-state index is 13.4. The van der Waals surface area contributed by atoms with Crippen molar-refractivity contribution in [2.45, 2.75) is 26.0 Å². The molecule has 0 aliphatic carbocycles. The maximum Gasteiger partial charge on any atom is 0.264 e. The molecule has 4 rings (SSSR count). The highest BCUT2D eigenvalue weighted by Crippen LogP contribution is 2.38. The number of hydrogen-bond donors (Lipinski definition) is 1. The van der Waals surface area contributed by atoms with Crippen LogP contribution >= 0.6 is 11.3 Å². The number of aryl methyl sites for hydroxylation is 1. The maximum absolute atomic E-state index is 13.4. The Morgan fingerprint density at radius 1 is 1.17 bits per heavy atom. The molecule has 2 atom stereocenters. The summed E-state index contributed by atoms with van der Waals surface area (Å²) >= 11 is 1.57. The van der Waals surface area contributed by atoms with Gasteiger partial charge in [0.25, 0.3) is 5.91 Å². The first-order valence-electron chi connectivity index (χ1n) is 9.49. The fourth-order valence-electron chi connectivity index (χ4n) is 3.57. The Labute approximate surface area is 173 Å². The van der Waals surface area contributed by atoms with Crippen LogP contribution < -0.4 is 10.1 Å². The van der Waals surface area contributed by atoms with Crippen molar-refractivity contribution in [1.82, 2.24) is 4.90 Å². The Balaban J connectivity index is 1.73. The van der Waals surface area contributed by atoms with Crippen LogP contribution in [-0.4, -0.2) is 29.4 Å². The lowest BCUT2D eigenvalue weighted by atomic mass is 9.99. The van der Waals surface area contributed by atoms with E-state index in [1.54, 1.807) is 23.2 Å². The molecule has 2 unspecified atom stereocenters. The van der Waals surface area contributed by atoms with Crippen molar-refractivity contribution in [3.63, 3.8) is 0 Å². The van der Waals surface area contributed by atoms with Crippen LogP contribution in [0.4, 0.5) is 5.69 Å². The van der Waals surface area contributed by atoms with Gasteiger partial charge < -0.3 is 15.0 Å². The molecule has 1 aliphatic rings. The fourth-order valence-corrected chi connectivity index (χ4v) is 4.43. The summed E-state index contributed by atoms with van der Waals surface area (Å²) in [5.74, 6) is 0.183. The number of nitrogens with zero attached hydrogens (tertiary/aromatic N) is 1. The number of hydrogen-bond acceptors (Lipinski definition) is 4. The van der Waals surface area contributed by atoms with Crippen LogP contribution in [0.15, 0.2) is 66.0 Å². The number of ether oxygens (including phenoxy) is 1. The summed E-state index contributed by atoms with van der Waals surface area (Å²) in [5.41, 5.74) is 2.73. The first-order valence-corrected chi connectivity index (χ1v) is 10.4. The third-order valence-electron chi connectivity index (χ3n) is 4.90. The molecule has 2 amide bonds. The summed E-state index contributed by atoms with van der Waals surface area (Å²) in [4.78, 5) is 28.7. The molecule has 148 valence electrons. The molecular weight excluding hydrogens is 384 g/mol. The summed E-state index contributed by atoms with van der Waals surface area (Å²) in [5, 5.41) is 4.93. The first kappa shape index (κ1) is 19.2. The van der Waals surface area contributed by atoms with Gasteiger partial charge in [-0.3, -0.25) is 9.59 Å². The predicted molar refractivity (Wildman–Crippen MR) is 114 cm³/mol. The molecule has 5 nitrogen and oxygen atoms in total. The van der Waals surface area contributed by atoms with Gasteiger partial charge in [0.1, 0.15) is 12.3 Å². The molecule has 0 saturated heterocycles. The minimum atomic E-state index is -0.723. The Bertz CT molecular complexity index is 1020. The second kappa shape index (κ2) is 8.09. The number of thiophene rings is 1. The van der Waals surface area contributed by atoms with Crippen molar-refractivity contribution >= 4 is 28.8 Å². The van der Waals surface area contributed by atoms with Crippen molar-refractivity contribution in [1.29, 1.82) is 0 Å². The van der Waals surface area contributed by atoms with Crippen LogP contribution in [0.3, 0.4) is 0 Å². The van der Waals surface area contributed by atoms with Crippen molar-refractivity contribution in [3.05, 3.63) is 82.0 Å². The van der Waals surface area contributed by atoms with Crippen molar-refractivity contribution in [2.75, 3.05) is 11.9 Å². The van der Waals surface area contributed by atoms with E-state index in [4.69, 9.17) is 4.74 Å².